The van der Waals surface area contributed by atoms with Gasteiger partial charge >= 0.3 is 0 Å². The molecule has 4 heteroatoms. The molecule has 114 valence electrons. The van der Waals surface area contributed by atoms with E-state index in [1.165, 1.54) is 0 Å². The molecule has 1 rings (SSSR count). The van der Waals surface area contributed by atoms with Gasteiger partial charge in [-0.2, -0.15) is 0 Å². The molecule has 0 aromatic heterocycles. The van der Waals surface area contributed by atoms with Crippen LogP contribution in [0.2, 0.25) is 5.02 Å². The Bertz CT molecular complexity index is 413. The van der Waals surface area contributed by atoms with E-state index in [4.69, 9.17) is 16.3 Å². The number of halogens is 1. The molecule has 20 heavy (non-hydrogen) atoms. The Morgan fingerprint density at radius 3 is 2.55 bits per heavy atom. The van der Waals surface area contributed by atoms with E-state index in [-0.39, 0.29) is 5.54 Å². The number of nitrogens with one attached hydrogen (secondary N) is 1. The lowest BCUT2D eigenvalue weighted by Crippen LogP contribution is -2.35. The highest BCUT2D eigenvalue weighted by molar-refractivity contribution is 6.31. The second kappa shape index (κ2) is 7.87. The second-order valence-electron chi connectivity index (χ2n) is 6.33. The zero-order chi connectivity index (χ0) is 15.2. The van der Waals surface area contributed by atoms with Crippen molar-refractivity contribution in [2.75, 3.05) is 27.2 Å². The fraction of sp³-hybridized carbons (Fsp3) is 0.625. The minimum absolute atomic E-state index is 0.0569. The van der Waals surface area contributed by atoms with Crippen LogP contribution in [0.3, 0.4) is 0 Å². The van der Waals surface area contributed by atoms with E-state index in [1.807, 2.05) is 18.2 Å². The Hall–Kier alpha value is -0.770. The van der Waals surface area contributed by atoms with Crippen LogP contribution >= 0.6 is 11.6 Å². The van der Waals surface area contributed by atoms with E-state index >= 15 is 0 Å². The smallest absolute Gasteiger partial charge is 0.125 e. The summed E-state index contributed by atoms with van der Waals surface area (Å²) in [4.78, 5) is 2.16. The van der Waals surface area contributed by atoms with Gasteiger partial charge in [-0.3, -0.25) is 0 Å². The Morgan fingerprint density at radius 2 is 1.95 bits per heavy atom. The van der Waals surface area contributed by atoms with Crippen molar-refractivity contribution < 1.29 is 4.74 Å². The van der Waals surface area contributed by atoms with Crippen molar-refractivity contribution in [3.63, 3.8) is 0 Å². The number of benzene rings is 1. The molecular formula is C16H27ClN2O. The first kappa shape index (κ1) is 17.3. The van der Waals surface area contributed by atoms with Crippen molar-refractivity contribution in [1.29, 1.82) is 0 Å². The maximum Gasteiger partial charge on any atom is 0.125 e. The van der Waals surface area contributed by atoms with Crippen LogP contribution < -0.4 is 10.1 Å². The van der Waals surface area contributed by atoms with Gasteiger partial charge in [0.2, 0.25) is 0 Å². The van der Waals surface area contributed by atoms with Gasteiger partial charge in [0.15, 0.2) is 0 Å². The summed E-state index contributed by atoms with van der Waals surface area (Å²) in [7, 11) is 4.14. The van der Waals surface area contributed by atoms with Gasteiger partial charge in [0.25, 0.3) is 0 Å². The molecular weight excluding hydrogens is 272 g/mol. The molecule has 0 fully saturated rings. The van der Waals surface area contributed by atoms with Crippen LogP contribution in [0.25, 0.3) is 0 Å². The van der Waals surface area contributed by atoms with Crippen LogP contribution in [0.1, 0.15) is 32.8 Å². The average Bonchev–Trinajstić information content (AvgIpc) is 2.32. The van der Waals surface area contributed by atoms with Crippen LogP contribution in [0.15, 0.2) is 18.2 Å². The SMILES string of the molecule is CN(C)CCCOc1cccc(Cl)c1CNC(C)(C)C. The number of nitrogens with zero attached hydrogens (tertiary/aromatic N) is 1. The first-order valence-corrected chi connectivity index (χ1v) is 7.47. The molecule has 0 heterocycles. The highest BCUT2D eigenvalue weighted by Gasteiger charge is 2.13. The van der Waals surface area contributed by atoms with Crippen molar-refractivity contribution >= 4 is 11.6 Å². The maximum atomic E-state index is 6.29. The Morgan fingerprint density at radius 1 is 1.25 bits per heavy atom. The monoisotopic (exact) mass is 298 g/mol. The van der Waals surface area contributed by atoms with E-state index in [0.717, 1.165) is 29.3 Å². The quantitative estimate of drug-likeness (QED) is 0.779. The van der Waals surface area contributed by atoms with Gasteiger partial charge in [0.05, 0.1) is 6.61 Å². The molecule has 0 aliphatic rings. The Balaban J connectivity index is 2.63. The summed E-state index contributed by atoms with van der Waals surface area (Å²) in [6, 6.07) is 5.83. The number of rotatable bonds is 7. The minimum atomic E-state index is 0.0569. The zero-order valence-corrected chi connectivity index (χ0v) is 14.0. The van der Waals surface area contributed by atoms with Gasteiger partial charge in [0.1, 0.15) is 5.75 Å². The summed E-state index contributed by atoms with van der Waals surface area (Å²) in [5.74, 6) is 0.882. The van der Waals surface area contributed by atoms with Crippen molar-refractivity contribution in [3.8, 4) is 5.75 Å². The molecule has 0 saturated heterocycles. The van der Waals surface area contributed by atoms with Gasteiger partial charge in [-0.1, -0.05) is 17.7 Å². The molecule has 0 aliphatic heterocycles. The molecule has 0 atom stereocenters. The van der Waals surface area contributed by atoms with Crippen molar-refractivity contribution in [1.82, 2.24) is 10.2 Å². The summed E-state index contributed by atoms with van der Waals surface area (Å²) < 4.78 is 5.88. The molecule has 0 saturated carbocycles. The topological polar surface area (TPSA) is 24.5 Å². The molecule has 1 aromatic carbocycles. The largest absolute Gasteiger partial charge is 0.493 e. The highest BCUT2D eigenvalue weighted by Crippen LogP contribution is 2.27. The Labute approximate surface area is 128 Å². The molecule has 1 aromatic rings. The third-order valence-corrected chi connectivity index (χ3v) is 3.23. The molecule has 1 N–H and O–H groups in total. The number of hydrogen-bond donors (Lipinski definition) is 1. The fourth-order valence-corrected chi connectivity index (χ4v) is 1.99. The molecule has 0 spiro atoms. The lowest BCUT2D eigenvalue weighted by atomic mass is 10.1. The first-order valence-electron chi connectivity index (χ1n) is 7.09. The van der Waals surface area contributed by atoms with Crippen LogP contribution in [0.5, 0.6) is 5.75 Å². The summed E-state index contributed by atoms with van der Waals surface area (Å²) in [5, 5.41) is 4.21. The number of ether oxygens (including phenoxy) is 1. The predicted molar refractivity (Wildman–Crippen MR) is 86.7 cm³/mol. The van der Waals surface area contributed by atoms with Crippen molar-refractivity contribution in [2.24, 2.45) is 0 Å². The molecule has 0 unspecified atom stereocenters. The van der Waals surface area contributed by atoms with Crippen LogP contribution in [-0.4, -0.2) is 37.7 Å². The van der Waals surface area contributed by atoms with E-state index in [9.17, 15) is 0 Å². The van der Waals surface area contributed by atoms with Gasteiger partial charge < -0.3 is 15.0 Å². The third kappa shape index (κ3) is 6.60. The molecule has 0 radical (unpaired) electrons. The van der Waals surface area contributed by atoms with Gasteiger partial charge in [-0.25, -0.2) is 0 Å². The fourth-order valence-electron chi connectivity index (χ4n) is 1.76. The van der Waals surface area contributed by atoms with E-state index < -0.39 is 0 Å². The third-order valence-electron chi connectivity index (χ3n) is 2.88. The summed E-state index contributed by atoms with van der Waals surface area (Å²) in [6.07, 6.45) is 1.01. The molecule has 3 nitrogen and oxygen atoms in total. The minimum Gasteiger partial charge on any atom is -0.493 e. The van der Waals surface area contributed by atoms with Crippen LogP contribution in [-0.2, 0) is 6.54 Å². The normalized spacial score (nSPS) is 11.9. The highest BCUT2D eigenvalue weighted by atomic mass is 35.5. The lowest BCUT2D eigenvalue weighted by molar-refractivity contribution is 0.278. The zero-order valence-electron chi connectivity index (χ0n) is 13.3. The predicted octanol–water partition coefficient (Wildman–Crippen LogP) is 3.56. The molecule has 0 aliphatic carbocycles. The molecule has 0 amide bonds. The Kier molecular flexibility index (Phi) is 6.80. The van der Waals surface area contributed by atoms with E-state index in [1.54, 1.807) is 0 Å². The van der Waals surface area contributed by atoms with Crippen molar-refractivity contribution in [3.05, 3.63) is 28.8 Å². The van der Waals surface area contributed by atoms with Gasteiger partial charge in [-0.15, -0.1) is 0 Å². The summed E-state index contributed by atoms with van der Waals surface area (Å²) >= 11 is 6.29. The summed E-state index contributed by atoms with van der Waals surface area (Å²) in [5.41, 5.74) is 1.09. The van der Waals surface area contributed by atoms with Gasteiger partial charge in [0, 0.05) is 29.2 Å². The van der Waals surface area contributed by atoms with Crippen LogP contribution in [0, 0.1) is 0 Å². The van der Waals surface area contributed by atoms with E-state index in [0.29, 0.717) is 13.2 Å². The van der Waals surface area contributed by atoms with Crippen LogP contribution in [0.4, 0.5) is 0 Å². The van der Waals surface area contributed by atoms with E-state index in [2.05, 4.69) is 45.1 Å². The second-order valence-corrected chi connectivity index (χ2v) is 6.73. The molecule has 0 bridgehead atoms. The summed E-state index contributed by atoms with van der Waals surface area (Å²) in [6.45, 7) is 8.87. The van der Waals surface area contributed by atoms with Crippen molar-refractivity contribution in [2.45, 2.75) is 39.3 Å². The number of hydrogen-bond acceptors (Lipinski definition) is 3. The van der Waals surface area contributed by atoms with Gasteiger partial charge in [-0.05, 0) is 53.4 Å². The average molecular weight is 299 g/mol. The lowest BCUT2D eigenvalue weighted by Gasteiger charge is -2.22. The standard InChI is InChI=1S/C16H27ClN2O/c1-16(2,3)18-12-13-14(17)8-6-9-15(13)20-11-7-10-19(4)5/h6,8-9,18H,7,10-12H2,1-5H3. The first-order chi connectivity index (χ1) is 9.29. The maximum absolute atomic E-state index is 6.29.